The van der Waals surface area contributed by atoms with Crippen molar-refractivity contribution < 1.29 is 0 Å². The third kappa shape index (κ3) is 5.22. The van der Waals surface area contributed by atoms with Crippen LogP contribution in [-0.2, 0) is 6.42 Å². The lowest BCUT2D eigenvalue weighted by Crippen LogP contribution is -2.33. The van der Waals surface area contributed by atoms with Crippen molar-refractivity contribution in [1.82, 2.24) is 5.32 Å². The highest BCUT2D eigenvalue weighted by Gasteiger charge is 2.10. The van der Waals surface area contributed by atoms with Crippen LogP contribution in [0, 0.1) is 13.8 Å². The Balaban J connectivity index is 1.97. The van der Waals surface area contributed by atoms with Gasteiger partial charge in [-0.05, 0) is 50.1 Å². The van der Waals surface area contributed by atoms with Crippen molar-refractivity contribution in [2.45, 2.75) is 38.1 Å². The van der Waals surface area contributed by atoms with E-state index >= 15 is 0 Å². The Morgan fingerprint density at radius 2 is 1.86 bits per heavy atom. The fourth-order valence-corrected chi connectivity index (χ4v) is 3.56. The SMILES string of the molecule is CCNC(CSc1cccc(C)c1)Cc1ccccc1C. The summed E-state index contributed by atoms with van der Waals surface area (Å²) in [5.74, 6) is 1.10. The maximum Gasteiger partial charge on any atom is 0.0202 e. The Morgan fingerprint density at radius 1 is 1.05 bits per heavy atom. The molecule has 0 radical (unpaired) electrons. The first kappa shape index (κ1) is 16.1. The zero-order valence-corrected chi connectivity index (χ0v) is 14.0. The minimum atomic E-state index is 0.515. The summed E-state index contributed by atoms with van der Waals surface area (Å²) in [5.41, 5.74) is 4.17. The standard InChI is InChI=1S/C19H25NS/c1-4-20-18(13-17-10-6-5-9-16(17)3)14-21-19-11-7-8-15(2)12-19/h5-12,18,20H,4,13-14H2,1-3H3. The first-order valence-electron chi connectivity index (χ1n) is 7.66. The maximum atomic E-state index is 3.62. The number of nitrogens with one attached hydrogen (secondary N) is 1. The van der Waals surface area contributed by atoms with Crippen molar-refractivity contribution in [2.75, 3.05) is 12.3 Å². The summed E-state index contributed by atoms with van der Waals surface area (Å²) in [6, 6.07) is 18.0. The second kappa shape index (κ2) is 8.26. The molecule has 0 aliphatic rings. The van der Waals surface area contributed by atoms with Gasteiger partial charge in [-0.1, -0.05) is 48.9 Å². The molecule has 21 heavy (non-hydrogen) atoms. The summed E-state index contributed by atoms with van der Waals surface area (Å²) in [6.45, 7) is 7.55. The first-order valence-corrected chi connectivity index (χ1v) is 8.65. The van der Waals surface area contributed by atoms with Gasteiger partial charge in [-0.15, -0.1) is 11.8 Å². The van der Waals surface area contributed by atoms with Crippen molar-refractivity contribution in [1.29, 1.82) is 0 Å². The molecule has 0 bridgehead atoms. The van der Waals surface area contributed by atoms with Crippen LogP contribution in [0.15, 0.2) is 53.4 Å². The largest absolute Gasteiger partial charge is 0.313 e. The molecule has 2 heteroatoms. The van der Waals surface area contributed by atoms with Gasteiger partial charge >= 0.3 is 0 Å². The molecule has 0 saturated heterocycles. The normalized spacial score (nSPS) is 12.3. The van der Waals surface area contributed by atoms with Gasteiger partial charge in [0.05, 0.1) is 0 Å². The maximum absolute atomic E-state index is 3.62. The number of hydrogen-bond donors (Lipinski definition) is 1. The average Bonchev–Trinajstić information content (AvgIpc) is 2.47. The molecule has 1 atom stereocenters. The Morgan fingerprint density at radius 3 is 2.57 bits per heavy atom. The molecule has 1 unspecified atom stereocenters. The fraction of sp³-hybridized carbons (Fsp3) is 0.368. The molecule has 2 aromatic carbocycles. The van der Waals surface area contributed by atoms with Gasteiger partial charge < -0.3 is 5.32 Å². The number of aryl methyl sites for hydroxylation is 2. The molecule has 0 heterocycles. The van der Waals surface area contributed by atoms with Gasteiger partial charge in [0.2, 0.25) is 0 Å². The van der Waals surface area contributed by atoms with Crippen LogP contribution in [0.2, 0.25) is 0 Å². The Bertz CT molecular complexity index is 565. The van der Waals surface area contributed by atoms with Crippen LogP contribution in [0.5, 0.6) is 0 Å². The van der Waals surface area contributed by atoms with Gasteiger partial charge in [0.1, 0.15) is 0 Å². The zero-order chi connectivity index (χ0) is 15.1. The number of rotatable bonds is 7. The van der Waals surface area contributed by atoms with Crippen LogP contribution in [0.4, 0.5) is 0 Å². The van der Waals surface area contributed by atoms with E-state index in [1.807, 2.05) is 11.8 Å². The summed E-state index contributed by atoms with van der Waals surface area (Å²) in [5, 5.41) is 3.62. The van der Waals surface area contributed by atoms with E-state index in [1.54, 1.807) is 0 Å². The summed E-state index contributed by atoms with van der Waals surface area (Å²) >= 11 is 1.95. The molecule has 2 aromatic rings. The molecule has 1 nitrogen and oxygen atoms in total. The van der Waals surface area contributed by atoms with Crippen molar-refractivity contribution >= 4 is 11.8 Å². The molecule has 0 saturated carbocycles. The van der Waals surface area contributed by atoms with E-state index in [0.29, 0.717) is 6.04 Å². The van der Waals surface area contributed by atoms with Gasteiger partial charge in [0.25, 0.3) is 0 Å². The first-order chi connectivity index (χ1) is 10.2. The predicted molar refractivity (Wildman–Crippen MR) is 94.3 cm³/mol. The lowest BCUT2D eigenvalue weighted by atomic mass is 10.0. The second-order valence-electron chi connectivity index (χ2n) is 5.51. The van der Waals surface area contributed by atoms with E-state index in [0.717, 1.165) is 18.7 Å². The summed E-state index contributed by atoms with van der Waals surface area (Å²) < 4.78 is 0. The van der Waals surface area contributed by atoms with Crippen molar-refractivity contribution in [3.05, 3.63) is 65.2 Å². The summed E-state index contributed by atoms with van der Waals surface area (Å²) in [6.07, 6.45) is 1.10. The number of likely N-dealkylation sites (N-methyl/N-ethyl adjacent to an activating group) is 1. The molecule has 112 valence electrons. The fourth-order valence-electron chi connectivity index (χ4n) is 2.49. The monoisotopic (exact) mass is 299 g/mol. The van der Waals surface area contributed by atoms with Gasteiger partial charge in [-0.3, -0.25) is 0 Å². The van der Waals surface area contributed by atoms with Crippen LogP contribution < -0.4 is 5.32 Å². The van der Waals surface area contributed by atoms with Crippen LogP contribution in [0.25, 0.3) is 0 Å². The van der Waals surface area contributed by atoms with Crippen LogP contribution in [-0.4, -0.2) is 18.3 Å². The van der Waals surface area contributed by atoms with E-state index in [4.69, 9.17) is 0 Å². The van der Waals surface area contributed by atoms with E-state index < -0.39 is 0 Å². The molecule has 0 aliphatic carbocycles. The second-order valence-corrected chi connectivity index (χ2v) is 6.61. The van der Waals surface area contributed by atoms with E-state index in [1.165, 1.54) is 21.6 Å². The molecule has 0 aromatic heterocycles. The lowest BCUT2D eigenvalue weighted by molar-refractivity contribution is 0.571. The summed E-state index contributed by atoms with van der Waals surface area (Å²) in [4.78, 5) is 1.36. The third-order valence-electron chi connectivity index (χ3n) is 3.66. The van der Waals surface area contributed by atoms with Gasteiger partial charge in [-0.25, -0.2) is 0 Å². The predicted octanol–water partition coefficient (Wildman–Crippen LogP) is 4.62. The summed E-state index contributed by atoms with van der Waals surface area (Å²) in [7, 11) is 0. The third-order valence-corrected chi connectivity index (χ3v) is 4.82. The van der Waals surface area contributed by atoms with E-state index in [9.17, 15) is 0 Å². The highest BCUT2D eigenvalue weighted by molar-refractivity contribution is 7.99. The van der Waals surface area contributed by atoms with E-state index in [-0.39, 0.29) is 0 Å². The molecule has 2 rings (SSSR count). The van der Waals surface area contributed by atoms with Gasteiger partial charge in [0, 0.05) is 16.7 Å². The minimum absolute atomic E-state index is 0.515. The van der Waals surface area contributed by atoms with Crippen LogP contribution >= 0.6 is 11.8 Å². The highest BCUT2D eigenvalue weighted by Crippen LogP contribution is 2.21. The zero-order valence-electron chi connectivity index (χ0n) is 13.2. The smallest absolute Gasteiger partial charge is 0.0202 e. The molecule has 0 aliphatic heterocycles. The average molecular weight is 299 g/mol. The Kier molecular flexibility index (Phi) is 6.34. The lowest BCUT2D eigenvalue weighted by Gasteiger charge is -2.19. The molecule has 1 N–H and O–H groups in total. The highest BCUT2D eigenvalue weighted by atomic mass is 32.2. The molecule has 0 fully saturated rings. The Hall–Kier alpha value is -1.25. The number of benzene rings is 2. The van der Waals surface area contributed by atoms with Crippen LogP contribution in [0.1, 0.15) is 23.6 Å². The molecular formula is C19H25NS. The molecular weight excluding hydrogens is 274 g/mol. The van der Waals surface area contributed by atoms with Crippen molar-refractivity contribution in [3.63, 3.8) is 0 Å². The minimum Gasteiger partial charge on any atom is -0.313 e. The van der Waals surface area contributed by atoms with Crippen molar-refractivity contribution in [3.8, 4) is 0 Å². The quantitative estimate of drug-likeness (QED) is 0.749. The van der Waals surface area contributed by atoms with Crippen molar-refractivity contribution in [2.24, 2.45) is 0 Å². The number of thioether (sulfide) groups is 1. The van der Waals surface area contributed by atoms with E-state index in [2.05, 4.69) is 74.6 Å². The topological polar surface area (TPSA) is 12.0 Å². The molecule has 0 amide bonds. The van der Waals surface area contributed by atoms with Gasteiger partial charge in [-0.2, -0.15) is 0 Å². The van der Waals surface area contributed by atoms with Gasteiger partial charge in [0.15, 0.2) is 0 Å². The number of hydrogen-bond acceptors (Lipinski definition) is 2. The van der Waals surface area contributed by atoms with Crippen LogP contribution in [0.3, 0.4) is 0 Å². The Labute approximate surface area is 133 Å². The molecule has 0 spiro atoms.